The van der Waals surface area contributed by atoms with E-state index in [1.165, 1.54) is 18.2 Å². The summed E-state index contributed by atoms with van der Waals surface area (Å²) in [6.07, 6.45) is -7.02. The van der Waals surface area contributed by atoms with Crippen LogP contribution in [0.15, 0.2) is 48.6 Å². The predicted octanol–water partition coefficient (Wildman–Crippen LogP) is 6.12. The lowest BCUT2D eigenvalue weighted by molar-refractivity contribution is -0.360. The topological polar surface area (TPSA) is 51.8 Å². The second-order valence-corrected chi connectivity index (χ2v) is 7.10. The van der Waals surface area contributed by atoms with Crippen molar-refractivity contribution < 1.29 is 43.9 Å². The van der Waals surface area contributed by atoms with E-state index < -0.39 is 53.0 Å². The molecular formula is C20H13F10N3. The molecule has 1 unspecified atom stereocenters. The first-order chi connectivity index (χ1) is 15.0. The van der Waals surface area contributed by atoms with Crippen molar-refractivity contribution >= 4 is 5.57 Å². The van der Waals surface area contributed by atoms with E-state index in [-0.39, 0.29) is 23.6 Å². The lowest BCUT2D eigenvalue weighted by Gasteiger charge is -2.28. The van der Waals surface area contributed by atoms with Crippen LogP contribution in [-0.4, -0.2) is 28.1 Å². The molecule has 0 bridgehead atoms. The van der Waals surface area contributed by atoms with Crippen molar-refractivity contribution in [2.75, 3.05) is 0 Å². The maximum absolute atomic E-state index is 14.4. The molecule has 2 N–H and O–H groups in total. The minimum Gasteiger partial charge on any atom is -0.324 e. The highest BCUT2D eigenvalue weighted by Crippen LogP contribution is 2.51. The average molecular weight is 485 g/mol. The standard InChI is InChI=1S/C20H13F10N3/c21-17(22,19(26,27)20(28,29)30)15-9-14(10-3-7-13(31)8-4-10)32-16(33-15)11-1-5-12(6-2-11)18(23,24)25/h1-7,9,13H,8,31H2. The molecule has 3 nitrogen and oxygen atoms in total. The molecule has 0 fully saturated rings. The molecule has 0 saturated carbocycles. The average Bonchev–Trinajstić information content (AvgIpc) is 2.72. The normalized spacial score (nSPS) is 17.8. The molecule has 1 aliphatic rings. The summed E-state index contributed by atoms with van der Waals surface area (Å²) in [5.41, 5.74) is 1.93. The van der Waals surface area contributed by atoms with E-state index in [1.54, 1.807) is 0 Å². The van der Waals surface area contributed by atoms with Crippen LogP contribution in [0.25, 0.3) is 17.0 Å². The van der Waals surface area contributed by atoms with Crippen LogP contribution in [0.3, 0.4) is 0 Å². The molecule has 2 aromatic rings. The van der Waals surface area contributed by atoms with Crippen LogP contribution in [-0.2, 0) is 12.1 Å². The molecule has 0 spiro atoms. The van der Waals surface area contributed by atoms with Crippen molar-refractivity contribution in [3.05, 3.63) is 65.5 Å². The van der Waals surface area contributed by atoms with Gasteiger partial charge in [-0.3, -0.25) is 0 Å². The largest absolute Gasteiger partial charge is 0.460 e. The number of nitrogens with zero attached hydrogens (tertiary/aromatic N) is 2. The Labute approximate surface area is 179 Å². The van der Waals surface area contributed by atoms with E-state index in [9.17, 15) is 43.9 Å². The van der Waals surface area contributed by atoms with Crippen LogP contribution in [0.2, 0.25) is 0 Å². The molecule has 1 aromatic carbocycles. The Morgan fingerprint density at radius 2 is 1.45 bits per heavy atom. The van der Waals surface area contributed by atoms with Crippen molar-refractivity contribution in [1.82, 2.24) is 9.97 Å². The fraction of sp³-hybridized carbons (Fsp3) is 0.300. The Morgan fingerprint density at radius 3 is 1.94 bits per heavy atom. The Kier molecular flexibility index (Phi) is 6.07. The van der Waals surface area contributed by atoms with Gasteiger partial charge in [-0.15, -0.1) is 0 Å². The lowest BCUT2D eigenvalue weighted by Crippen LogP contribution is -2.50. The molecule has 1 aliphatic carbocycles. The molecular weight excluding hydrogens is 472 g/mol. The van der Waals surface area contributed by atoms with Crippen molar-refractivity contribution in [1.29, 1.82) is 0 Å². The highest BCUT2D eigenvalue weighted by Gasteiger charge is 2.74. The highest BCUT2D eigenvalue weighted by molar-refractivity contribution is 5.74. The second-order valence-electron chi connectivity index (χ2n) is 7.10. The van der Waals surface area contributed by atoms with Gasteiger partial charge in [0.15, 0.2) is 5.82 Å². The van der Waals surface area contributed by atoms with Gasteiger partial charge in [0, 0.05) is 11.6 Å². The zero-order chi connectivity index (χ0) is 24.8. The Bertz CT molecular complexity index is 1080. The fourth-order valence-electron chi connectivity index (χ4n) is 2.86. The number of aromatic nitrogens is 2. The van der Waals surface area contributed by atoms with Gasteiger partial charge < -0.3 is 5.73 Å². The van der Waals surface area contributed by atoms with E-state index in [1.807, 2.05) is 0 Å². The smallest absolute Gasteiger partial charge is 0.324 e. The van der Waals surface area contributed by atoms with E-state index in [0.29, 0.717) is 12.1 Å². The van der Waals surface area contributed by atoms with Gasteiger partial charge in [-0.05, 0) is 30.2 Å². The molecule has 0 saturated heterocycles. The molecule has 178 valence electrons. The van der Waals surface area contributed by atoms with Gasteiger partial charge in [0.25, 0.3) is 0 Å². The van der Waals surface area contributed by atoms with E-state index >= 15 is 0 Å². The third kappa shape index (κ3) is 4.72. The van der Waals surface area contributed by atoms with Gasteiger partial charge in [0.1, 0.15) is 5.69 Å². The molecule has 13 heteroatoms. The van der Waals surface area contributed by atoms with Gasteiger partial charge in [0.05, 0.1) is 11.3 Å². The van der Waals surface area contributed by atoms with Crippen molar-refractivity contribution in [2.24, 2.45) is 5.73 Å². The van der Waals surface area contributed by atoms with Crippen LogP contribution in [0, 0.1) is 0 Å². The number of hydrogen-bond acceptors (Lipinski definition) is 3. The van der Waals surface area contributed by atoms with Gasteiger partial charge in [-0.1, -0.05) is 30.4 Å². The summed E-state index contributed by atoms with van der Waals surface area (Å²) in [6, 6.07) is 2.53. The van der Waals surface area contributed by atoms with Crippen molar-refractivity contribution in [2.45, 2.75) is 36.7 Å². The van der Waals surface area contributed by atoms with Crippen LogP contribution in [0.4, 0.5) is 43.9 Å². The third-order valence-electron chi connectivity index (χ3n) is 4.70. The maximum atomic E-state index is 14.4. The number of rotatable bonds is 4. The third-order valence-corrected chi connectivity index (χ3v) is 4.70. The fourth-order valence-corrected chi connectivity index (χ4v) is 2.86. The van der Waals surface area contributed by atoms with Gasteiger partial charge in [0.2, 0.25) is 0 Å². The Morgan fingerprint density at radius 1 is 0.848 bits per heavy atom. The van der Waals surface area contributed by atoms with Gasteiger partial charge in [-0.25, -0.2) is 9.97 Å². The summed E-state index contributed by atoms with van der Waals surface area (Å²) in [6.45, 7) is 0. The summed E-state index contributed by atoms with van der Waals surface area (Å²) in [5.74, 6) is -13.1. The number of halogens is 10. The Balaban J connectivity index is 2.18. The first-order valence-electron chi connectivity index (χ1n) is 9.08. The zero-order valence-corrected chi connectivity index (χ0v) is 16.2. The van der Waals surface area contributed by atoms with Crippen LogP contribution in [0.5, 0.6) is 0 Å². The quantitative estimate of drug-likeness (QED) is 0.531. The number of alkyl halides is 10. The first kappa shape index (κ1) is 24.7. The second kappa shape index (κ2) is 8.12. The van der Waals surface area contributed by atoms with Crippen LogP contribution in [0.1, 0.15) is 23.4 Å². The predicted molar refractivity (Wildman–Crippen MR) is 97.1 cm³/mol. The summed E-state index contributed by atoms with van der Waals surface area (Å²) < 4.78 is 132. The van der Waals surface area contributed by atoms with Crippen molar-refractivity contribution in [3.8, 4) is 11.4 Å². The van der Waals surface area contributed by atoms with E-state index in [2.05, 4.69) is 9.97 Å². The minimum atomic E-state index is -6.60. The molecule has 33 heavy (non-hydrogen) atoms. The minimum absolute atomic E-state index is 0.0830. The van der Waals surface area contributed by atoms with Crippen LogP contribution < -0.4 is 5.73 Å². The summed E-state index contributed by atoms with van der Waals surface area (Å²) >= 11 is 0. The number of allylic oxidation sites excluding steroid dienone is 2. The molecule has 0 amide bonds. The van der Waals surface area contributed by atoms with E-state index in [4.69, 9.17) is 5.73 Å². The molecule has 1 heterocycles. The molecule has 1 atom stereocenters. The van der Waals surface area contributed by atoms with Gasteiger partial charge >= 0.3 is 24.2 Å². The number of nitrogens with two attached hydrogens (primary N) is 1. The highest BCUT2D eigenvalue weighted by atomic mass is 19.4. The SMILES string of the molecule is NC1C=CC(c2cc(C(F)(F)C(F)(F)C(F)(F)F)nc(-c3ccc(C(F)(F)F)cc3)n2)=CC1. The van der Waals surface area contributed by atoms with E-state index in [0.717, 1.165) is 12.1 Å². The molecule has 0 radical (unpaired) electrons. The summed E-state index contributed by atoms with van der Waals surface area (Å²) in [4.78, 5) is 7.05. The summed E-state index contributed by atoms with van der Waals surface area (Å²) in [7, 11) is 0. The van der Waals surface area contributed by atoms with Crippen LogP contribution >= 0.6 is 0 Å². The molecule has 1 aromatic heterocycles. The molecule has 3 rings (SSSR count). The Hall–Kier alpha value is -2.96. The van der Waals surface area contributed by atoms with Gasteiger partial charge in [-0.2, -0.15) is 43.9 Å². The van der Waals surface area contributed by atoms with Crippen molar-refractivity contribution in [3.63, 3.8) is 0 Å². The lowest BCUT2D eigenvalue weighted by atomic mass is 9.99. The number of hydrogen-bond donors (Lipinski definition) is 1. The molecule has 0 aliphatic heterocycles. The number of benzene rings is 1. The maximum Gasteiger partial charge on any atom is 0.460 e. The monoisotopic (exact) mass is 485 g/mol. The zero-order valence-electron chi connectivity index (χ0n) is 16.2. The summed E-state index contributed by atoms with van der Waals surface area (Å²) in [5, 5.41) is 0. The first-order valence-corrected chi connectivity index (χ1v) is 9.08.